The summed E-state index contributed by atoms with van der Waals surface area (Å²) in [7, 11) is 0. The van der Waals surface area contributed by atoms with E-state index in [0.717, 1.165) is 16.5 Å². The number of nitrogens with one attached hydrogen (secondary N) is 1. The Labute approximate surface area is 195 Å². The summed E-state index contributed by atoms with van der Waals surface area (Å²) in [5, 5.41) is 4.35. The van der Waals surface area contributed by atoms with Gasteiger partial charge in [-0.25, -0.2) is 0 Å². The van der Waals surface area contributed by atoms with Crippen molar-refractivity contribution in [1.29, 1.82) is 0 Å². The van der Waals surface area contributed by atoms with Crippen LogP contribution in [0.4, 0.5) is 0 Å². The molecular weight excluding hydrogens is 414 g/mol. The van der Waals surface area contributed by atoms with E-state index in [9.17, 15) is 0 Å². The molecule has 32 heavy (non-hydrogen) atoms. The Morgan fingerprint density at radius 1 is 1.00 bits per heavy atom. The van der Waals surface area contributed by atoms with E-state index < -0.39 is 0 Å². The van der Waals surface area contributed by atoms with Crippen LogP contribution in [0.25, 0.3) is 0 Å². The van der Waals surface area contributed by atoms with Crippen molar-refractivity contribution in [3.8, 4) is 0 Å². The van der Waals surface area contributed by atoms with Crippen LogP contribution < -0.4 is 5.32 Å². The quantitative estimate of drug-likeness (QED) is 0.520. The standard InChI is InChI=1S/C26H31N5S/c1-18-16-22(19(2)31(18)21-11-4-3-5-12-21)25-24(23-13-7-9-15-28-23)29-26(32)30(25)17-20-10-6-8-14-27-20/h6-10,13-16,21,24-25H,3-5,11-12,17H2,1-2H3,(H,29,32)/t24-,25+/m1/s1. The lowest BCUT2D eigenvalue weighted by atomic mass is 9.94. The Hall–Kier alpha value is -2.73. The van der Waals surface area contributed by atoms with Gasteiger partial charge in [-0.1, -0.05) is 31.4 Å². The van der Waals surface area contributed by atoms with E-state index in [2.05, 4.69) is 62.9 Å². The lowest BCUT2D eigenvalue weighted by Gasteiger charge is -2.29. The fourth-order valence-corrected chi connectivity index (χ4v) is 5.89. The largest absolute Gasteiger partial charge is 0.352 e. The Morgan fingerprint density at radius 2 is 1.75 bits per heavy atom. The van der Waals surface area contributed by atoms with Crippen molar-refractivity contribution in [1.82, 2.24) is 24.8 Å². The van der Waals surface area contributed by atoms with Crippen LogP contribution in [0.2, 0.25) is 0 Å². The molecule has 4 heterocycles. The van der Waals surface area contributed by atoms with Crippen molar-refractivity contribution in [2.24, 2.45) is 0 Å². The number of pyridine rings is 2. The first kappa shape index (κ1) is 21.1. The molecule has 2 fully saturated rings. The molecule has 2 atom stereocenters. The number of hydrogen-bond donors (Lipinski definition) is 1. The Balaban J connectivity index is 1.57. The third-order valence-corrected chi connectivity index (χ3v) is 7.39. The van der Waals surface area contributed by atoms with Crippen molar-refractivity contribution in [2.45, 2.75) is 70.6 Å². The average molecular weight is 446 g/mol. The highest BCUT2D eigenvalue weighted by molar-refractivity contribution is 7.80. The van der Waals surface area contributed by atoms with E-state index in [4.69, 9.17) is 12.2 Å². The number of hydrogen-bond acceptors (Lipinski definition) is 3. The molecule has 166 valence electrons. The summed E-state index contributed by atoms with van der Waals surface area (Å²) in [5.41, 5.74) is 6.08. The number of aryl methyl sites for hydroxylation is 1. The molecule has 0 bridgehead atoms. The molecular formula is C26H31N5S. The Morgan fingerprint density at radius 3 is 2.44 bits per heavy atom. The van der Waals surface area contributed by atoms with Gasteiger partial charge in [0.15, 0.2) is 5.11 Å². The van der Waals surface area contributed by atoms with Gasteiger partial charge >= 0.3 is 0 Å². The van der Waals surface area contributed by atoms with Crippen LogP contribution in [0, 0.1) is 13.8 Å². The number of rotatable bonds is 5. The SMILES string of the molecule is Cc1cc([C@H]2[C@@H](c3ccccn3)NC(=S)N2Cc2ccccn2)c(C)n1C1CCCCC1. The van der Waals surface area contributed by atoms with Crippen LogP contribution in [-0.2, 0) is 6.54 Å². The van der Waals surface area contributed by atoms with Gasteiger partial charge in [-0.2, -0.15) is 0 Å². The summed E-state index contributed by atoms with van der Waals surface area (Å²) < 4.78 is 2.59. The molecule has 3 aromatic heterocycles. The number of thiocarbonyl (C=S) groups is 1. The molecule has 0 amide bonds. The maximum absolute atomic E-state index is 5.85. The van der Waals surface area contributed by atoms with Crippen LogP contribution in [0.15, 0.2) is 54.9 Å². The van der Waals surface area contributed by atoms with Gasteiger partial charge in [0.05, 0.1) is 30.0 Å². The van der Waals surface area contributed by atoms with Gasteiger partial charge in [0.2, 0.25) is 0 Å². The van der Waals surface area contributed by atoms with Crippen LogP contribution in [0.5, 0.6) is 0 Å². The van der Waals surface area contributed by atoms with Gasteiger partial charge in [0, 0.05) is 29.8 Å². The van der Waals surface area contributed by atoms with E-state index in [1.807, 2.05) is 30.6 Å². The average Bonchev–Trinajstić information content (AvgIpc) is 3.30. The van der Waals surface area contributed by atoms with Gasteiger partial charge in [-0.3, -0.25) is 9.97 Å². The second kappa shape index (κ2) is 9.02. The second-order valence-electron chi connectivity index (χ2n) is 9.06. The zero-order valence-electron chi connectivity index (χ0n) is 18.9. The minimum atomic E-state index is 0.00715. The Kier molecular flexibility index (Phi) is 5.96. The first-order valence-corrected chi connectivity index (χ1v) is 12.1. The third-order valence-electron chi connectivity index (χ3n) is 7.04. The zero-order chi connectivity index (χ0) is 22.1. The van der Waals surface area contributed by atoms with Crippen molar-refractivity contribution < 1.29 is 0 Å². The van der Waals surface area contributed by atoms with Gasteiger partial charge in [0.1, 0.15) is 0 Å². The molecule has 2 aliphatic rings. The van der Waals surface area contributed by atoms with E-state index in [-0.39, 0.29) is 12.1 Å². The third kappa shape index (κ3) is 3.92. The molecule has 0 unspecified atom stereocenters. The molecule has 1 N–H and O–H groups in total. The predicted molar refractivity (Wildman–Crippen MR) is 131 cm³/mol. The summed E-state index contributed by atoms with van der Waals surface area (Å²) in [5.74, 6) is 0. The topological polar surface area (TPSA) is 46.0 Å². The maximum Gasteiger partial charge on any atom is 0.170 e. The molecule has 3 aromatic rings. The van der Waals surface area contributed by atoms with Crippen molar-refractivity contribution in [2.75, 3.05) is 0 Å². The smallest absolute Gasteiger partial charge is 0.170 e. The molecule has 1 aliphatic heterocycles. The molecule has 1 aliphatic carbocycles. The minimum absolute atomic E-state index is 0.00715. The van der Waals surface area contributed by atoms with Gasteiger partial charge in [0.25, 0.3) is 0 Å². The van der Waals surface area contributed by atoms with E-state index in [0.29, 0.717) is 12.6 Å². The summed E-state index contributed by atoms with van der Waals surface area (Å²) in [6, 6.07) is 15.2. The summed E-state index contributed by atoms with van der Waals surface area (Å²) >= 11 is 5.85. The van der Waals surface area contributed by atoms with E-state index in [1.165, 1.54) is 49.1 Å². The fourth-order valence-electron chi connectivity index (χ4n) is 5.58. The highest BCUT2D eigenvalue weighted by Crippen LogP contribution is 2.43. The molecule has 0 aromatic carbocycles. The van der Waals surface area contributed by atoms with Crippen molar-refractivity contribution >= 4 is 17.3 Å². The molecule has 5 nitrogen and oxygen atoms in total. The van der Waals surface area contributed by atoms with Gasteiger partial charge in [-0.05, 0) is 74.8 Å². The van der Waals surface area contributed by atoms with E-state index >= 15 is 0 Å². The lowest BCUT2D eigenvalue weighted by molar-refractivity contribution is 0.304. The molecule has 1 saturated carbocycles. The highest BCUT2D eigenvalue weighted by atomic mass is 32.1. The minimum Gasteiger partial charge on any atom is -0.352 e. The second-order valence-corrected chi connectivity index (χ2v) is 9.45. The van der Waals surface area contributed by atoms with Crippen molar-refractivity contribution in [3.63, 3.8) is 0 Å². The molecule has 6 heteroatoms. The molecule has 5 rings (SSSR count). The van der Waals surface area contributed by atoms with Crippen LogP contribution >= 0.6 is 12.2 Å². The highest BCUT2D eigenvalue weighted by Gasteiger charge is 2.41. The summed E-state index contributed by atoms with van der Waals surface area (Å²) in [6.45, 7) is 5.21. The van der Waals surface area contributed by atoms with Crippen molar-refractivity contribution in [3.05, 3.63) is 83.2 Å². The zero-order valence-corrected chi connectivity index (χ0v) is 19.7. The predicted octanol–water partition coefficient (Wildman–Crippen LogP) is 5.57. The molecule has 0 spiro atoms. The normalized spacial score (nSPS) is 21.7. The van der Waals surface area contributed by atoms with Gasteiger partial charge < -0.3 is 14.8 Å². The first-order chi connectivity index (χ1) is 15.6. The van der Waals surface area contributed by atoms with Gasteiger partial charge in [-0.15, -0.1) is 0 Å². The number of aromatic nitrogens is 3. The monoisotopic (exact) mass is 445 g/mol. The molecule has 1 saturated heterocycles. The summed E-state index contributed by atoms with van der Waals surface area (Å²) in [6.07, 6.45) is 10.3. The van der Waals surface area contributed by atoms with Crippen LogP contribution in [0.1, 0.15) is 78.6 Å². The maximum atomic E-state index is 5.85. The number of nitrogens with zero attached hydrogens (tertiary/aromatic N) is 4. The lowest BCUT2D eigenvalue weighted by Crippen LogP contribution is -2.29. The van der Waals surface area contributed by atoms with Crippen LogP contribution in [0.3, 0.4) is 0 Å². The van der Waals surface area contributed by atoms with E-state index in [1.54, 1.807) is 0 Å². The molecule has 0 radical (unpaired) electrons. The Bertz CT molecular complexity index is 1070. The summed E-state index contributed by atoms with van der Waals surface area (Å²) in [4.78, 5) is 11.6. The first-order valence-electron chi connectivity index (χ1n) is 11.7. The fraction of sp³-hybridized carbons (Fsp3) is 0.423. The van der Waals surface area contributed by atoms with Crippen LogP contribution in [-0.4, -0.2) is 24.5 Å².